The van der Waals surface area contributed by atoms with Gasteiger partial charge in [-0.2, -0.15) is 0 Å². The first-order valence-corrected chi connectivity index (χ1v) is 8.38. The van der Waals surface area contributed by atoms with E-state index in [4.69, 9.17) is 15.2 Å². The van der Waals surface area contributed by atoms with Crippen LogP contribution in [0.25, 0.3) is 11.4 Å². The summed E-state index contributed by atoms with van der Waals surface area (Å²) in [4.78, 5) is 20.7. The zero-order valence-electron chi connectivity index (χ0n) is 15.4. The van der Waals surface area contributed by atoms with Crippen LogP contribution in [0.15, 0.2) is 48.7 Å². The molecule has 0 unspecified atom stereocenters. The molecule has 1 heterocycles. The summed E-state index contributed by atoms with van der Waals surface area (Å²) < 4.78 is 23.8. The lowest BCUT2D eigenvalue weighted by Gasteiger charge is -2.11. The Kier molecular flexibility index (Phi) is 5.69. The van der Waals surface area contributed by atoms with Crippen LogP contribution in [0, 0.1) is 5.82 Å². The van der Waals surface area contributed by atoms with Crippen LogP contribution in [0.5, 0.6) is 11.5 Å². The van der Waals surface area contributed by atoms with Gasteiger partial charge in [-0.15, -0.1) is 0 Å². The first kappa shape index (κ1) is 19.1. The highest BCUT2D eigenvalue weighted by atomic mass is 19.1. The maximum Gasteiger partial charge on any atom is 0.256 e. The molecule has 2 aromatic carbocycles. The van der Waals surface area contributed by atoms with Crippen LogP contribution in [0.1, 0.15) is 15.9 Å². The van der Waals surface area contributed by atoms with Crippen molar-refractivity contribution < 1.29 is 18.7 Å². The number of methoxy groups -OCH3 is 2. The number of nitrogens with one attached hydrogen (secondary N) is 1. The van der Waals surface area contributed by atoms with Crippen LogP contribution in [-0.4, -0.2) is 30.1 Å². The minimum atomic E-state index is -0.426. The van der Waals surface area contributed by atoms with Crippen molar-refractivity contribution >= 4 is 11.7 Å². The van der Waals surface area contributed by atoms with E-state index in [2.05, 4.69) is 15.3 Å². The molecule has 3 rings (SSSR count). The van der Waals surface area contributed by atoms with E-state index in [-0.39, 0.29) is 23.8 Å². The molecule has 1 amide bonds. The van der Waals surface area contributed by atoms with Crippen molar-refractivity contribution in [3.63, 3.8) is 0 Å². The summed E-state index contributed by atoms with van der Waals surface area (Å²) in [5.41, 5.74) is 7.31. The van der Waals surface area contributed by atoms with Crippen molar-refractivity contribution in [1.29, 1.82) is 0 Å². The lowest BCUT2D eigenvalue weighted by molar-refractivity contribution is 0.0951. The summed E-state index contributed by atoms with van der Waals surface area (Å²) >= 11 is 0. The van der Waals surface area contributed by atoms with E-state index in [1.54, 1.807) is 44.6 Å². The van der Waals surface area contributed by atoms with Gasteiger partial charge in [-0.1, -0.05) is 12.1 Å². The SMILES string of the molecule is COc1cc(CNC(=O)c2cnc(-c3cccc(F)c3)nc2N)cc(OC)c1. The first-order chi connectivity index (χ1) is 13.5. The molecule has 1 aromatic heterocycles. The van der Waals surface area contributed by atoms with Crippen LogP contribution in [0.4, 0.5) is 10.2 Å². The van der Waals surface area contributed by atoms with Crippen LogP contribution >= 0.6 is 0 Å². The largest absolute Gasteiger partial charge is 0.497 e. The molecule has 0 radical (unpaired) electrons. The Hall–Kier alpha value is -3.68. The van der Waals surface area contributed by atoms with Crippen molar-refractivity contribution in [3.8, 4) is 22.9 Å². The zero-order valence-corrected chi connectivity index (χ0v) is 15.4. The number of anilines is 1. The number of nitrogens with two attached hydrogens (primary N) is 1. The van der Waals surface area contributed by atoms with Crippen molar-refractivity contribution in [2.45, 2.75) is 6.54 Å². The standard InChI is InChI=1S/C20H19FN4O3/c1-27-15-6-12(7-16(9-15)28-2)10-24-20(26)17-11-23-19(25-18(17)22)13-4-3-5-14(21)8-13/h3-9,11H,10H2,1-2H3,(H,24,26)(H2,22,23,25). The van der Waals surface area contributed by atoms with Gasteiger partial charge in [0.2, 0.25) is 0 Å². The molecule has 0 saturated heterocycles. The van der Waals surface area contributed by atoms with Gasteiger partial charge in [0.05, 0.1) is 19.8 Å². The molecule has 7 nitrogen and oxygen atoms in total. The number of benzene rings is 2. The van der Waals surface area contributed by atoms with E-state index in [1.807, 2.05) is 0 Å². The number of hydrogen-bond acceptors (Lipinski definition) is 6. The van der Waals surface area contributed by atoms with E-state index in [9.17, 15) is 9.18 Å². The second-order valence-electron chi connectivity index (χ2n) is 5.91. The number of carbonyl (C=O) groups is 1. The summed E-state index contributed by atoms with van der Waals surface area (Å²) in [6, 6.07) is 11.1. The Balaban J connectivity index is 1.74. The molecule has 3 aromatic rings. The predicted molar refractivity (Wildman–Crippen MR) is 103 cm³/mol. The number of ether oxygens (including phenoxy) is 2. The summed E-state index contributed by atoms with van der Waals surface area (Å²) in [5, 5.41) is 2.76. The van der Waals surface area contributed by atoms with Gasteiger partial charge in [0.15, 0.2) is 5.82 Å². The number of hydrogen-bond donors (Lipinski definition) is 2. The first-order valence-electron chi connectivity index (χ1n) is 8.38. The lowest BCUT2D eigenvalue weighted by atomic mass is 10.2. The summed E-state index contributed by atoms with van der Waals surface area (Å²) in [5.74, 6) is 0.651. The molecule has 3 N–H and O–H groups in total. The molecule has 0 saturated carbocycles. The van der Waals surface area contributed by atoms with Crippen LogP contribution in [-0.2, 0) is 6.54 Å². The van der Waals surface area contributed by atoms with Gasteiger partial charge in [0.1, 0.15) is 23.1 Å². The third-order valence-electron chi connectivity index (χ3n) is 4.01. The third-order valence-corrected chi connectivity index (χ3v) is 4.01. The van der Waals surface area contributed by atoms with Gasteiger partial charge >= 0.3 is 0 Å². The Bertz CT molecular complexity index is 988. The normalized spacial score (nSPS) is 10.4. The molecular weight excluding hydrogens is 363 g/mol. The number of amides is 1. The molecule has 8 heteroatoms. The van der Waals surface area contributed by atoms with E-state index < -0.39 is 11.7 Å². The van der Waals surface area contributed by atoms with Crippen molar-refractivity contribution in [2.24, 2.45) is 0 Å². The van der Waals surface area contributed by atoms with Gasteiger partial charge in [0, 0.05) is 24.4 Å². The Morgan fingerprint density at radius 1 is 1.14 bits per heavy atom. The molecule has 28 heavy (non-hydrogen) atoms. The number of rotatable bonds is 6. The molecule has 0 aliphatic rings. The summed E-state index contributed by atoms with van der Waals surface area (Å²) in [6.45, 7) is 0.234. The monoisotopic (exact) mass is 382 g/mol. The highest BCUT2D eigenvalue weighted by Crippen LogP contribution is 2.23. The molecule has 0 bridgehead atoms. The number of halogens is 1. The van der Waals surface area contributed by atoms with E-state index in [1.165, 1.54) is 18.3 Å². The smallest absolute Gasteiger partial charge is 0.256 e. The fraction of sp³-hybridized carbons (Fsp3) is 0.150. The van der Waals surface area contributed by atoms with E-state index in [0.29, 0.717) is 17.1 Å². The van der Waals surface area contributed by atoms with Gasteiger partial charge in [0.25, 0.3) is 5.91 Å². The second kappa shape index (κ2) is 8.34. The highest BCUT2D eigenvalue weighted by molar-refractivity contribution is 5.98. The minimum Gasteiger partial charge on any atom is -0.497 e. The second-order valence-corrected chi connectivity index (χ2v) is 5.91. The Labute approximate surface area is 161 Å². The number of nitrogens with zero attached hydrogens (tertiary/aromatic N) is 2. The van der Waals surface area contributed by atoms with Crippen molar-refractivity contribution in [1.82, 2.24) is 15.3 Å². The lowest BCUT2D eigenvalue weighted by Crippen LogP contribution is -2.24. The molecular formula is C20H19FN4O3. The molecule has 144 valence electrons. The van der Waals surface area contributed by atoms with Gasteiger partial charge in [-0.05, 0) is 29.8 Å². The third kappa shape index (κ3) is 4.35. The van der Waals surface area contributed by atoms with Crippen LogP contribution < -0.4 is 20.5 Å². The number of aromatic nitrogens is 2. The van der Waals surface area contributed by atoms with Crippen molar-refractivity contribution in [2.75, 3.05) is 20.0 Å². The number of carbonyl (C=O) groups excluding carboxylic acids is 1. The fourth-order valence-corrected chi connectivity index (χ4v) is 2.58. The molecule has 0 aliphatic heterocycles. The number of nitrogen functional groups attached to an aromatic ring is 1. The van der Waals surface area contributed by atoms with Gasteiger partial charge in [-0.3, -0.25) is 4.79 Å². The molecule has 0 atom stereocenters. The summed E-state index contributed by atoms with van der Waals surface area (Å²) in [6.07, 6.45) is 1.32. The van der Waals surface area contributed by atoms with Crippen LogP contribution in [0.2, 0.25) is 0 Å². The van der Waals surface area contributed by atoms with Gasteiger partial charge in [-0.25, -0.2) is 14.4 Å². The van der Waals surface area contributed by atoms with Crippen LogP contribution in [0.3, 0.4) is 0 Å². The van der Waals surface area contributed by atoms with E-state index in [0.717, 1.165) is 5.56 Å². The van der Waals surface area contributed by atoms with Crippen molar-refractivity contribution in [3.05, 3.63) is 65.6 Å². The molecule has 0 spiro atoms. The predicted octanol–water partition coefficient (Wildman–Crippen LogP) is 2.81. The average Bonchev–Trinajstić information content (AvgIpc) is 2.71. The fourth-order valence-electron chi connectivity index (χ4n) is 2.58. The molecule has 0 aliphatic carbocycles. The minimum absolute atomic E-state index is 0.00924. The maximum absolute atomic E-state index is 13.4. The highest BCUT2D eigenvalue weighted by Gasteiger charge is 2.14. The average molecular weight is 382 g/mol. The zero-order chi connectivity index (χ0) is 20.1. The topological polar surface area (TPSA) is 99.4 Å². The Morgan fingerprint density at radius 3 is 2.46 bits per heavy atom. The van der Waals surface area contributed by atoms with Gasteiger partial charge < -0.3 is 20.5 Å². The Morgan fingerprint density at radius 2 is 1.86 bits per heavy atom. The van der Waals surface area contributed by atoms with E-state index >= 15 is 0 Å². The maximum atomic E-state index is 13.4. The molecule has 0 fully saturated rings. The summed E-state index contributed by atoms with van der Waals surface area (Å²) in [7, 11) is 3.10. The quantitative estimate of drug-likeness (QED) is 0.680.